The molecule has 0 aromatic heterocycles. The van der Waals surface area contributed by atoms with Gasteiger partial charge in [0.25, 0.3) is 0 Å². The molecule has 2 aromatic rings. The van der Waals surface area contributed by atoms with Crippen LogP contribution in [0.3, 0.4) is 0 Å². The summed E-state index contributed by atoms with van der Waals surface area (Å²) in [5, 5.41) is 10.4. The average Bonchev–Trinajstić information content (AvgIpc) is 2.54. The average molecular weight is 360 g/mol. The van der Waals surface area contributed by atoms with Gasteiger partial charge in [-0.15, -0.1) is 6.58 Å². The third-order valence-corrected chi connectivity index (χ3v) is 4.16. The maximum atomic E-state index is 10.4. The summed E-state index contributed by atoms with van der Waals surface area (Å²) in [5.41, 5.74) is 2.26. The summed E-state index contributed by atoms with van der Waals surface area (Å²) in [5.74, 6) is 0. The van der Waals surface area contributed by atoms with E-state index in [4.69, 9.17) is 0 Å². The topological polar surface area (TPSA) is 23.5 Å². The highest BCUT2D eigenvalue weighted by Crippen LogP contribution is 2.18. The minimum atomic E-state index is -0.483. The van der Waals surface area contributed by atoms with Crippen LogP contribution < -0.4 is 0 Å². The molecule has 0 amide bonds. The van der Waals surface area contributed by atoms with Crippen molar-refractivity contribution in [1.29, 1.82) is 0 Å². The molecule has 0 aliphatic heterocycles. The summed E-state index contributed by atoms with van der Waals surface area (Å²) in [6.07, 6.45) is 2.38. The molecule has 0 saturated heterocycles. The van der Waals surface area contributed by atoms with Crippen molar-refractivity contribution in [3.63, 3.8) is 0 Å². The Morgan fingerprint density at radius 1 is 1.09 bits per heavy atom. The molecular weight excluding hydrogens is 338 g/mol. The van der Waals surface area contributed by atoms with E-state index < -0.39 is 6.10 Å². The maximum absolute atomic E-state index is 10.4. The molecular formula is C19H22BrNO. The highest BCUT2D eigenvalue weighted by atomic mass is 79.9. The van der Waals surface area contributed by atoms with E-state index in [9.17, 15) is 5.11 Å². The number of hydrogen-bond donors (Lipinski definition) is 1. The van der Waals surface area contributed by atoms with Crippen LogP contribution in [-0.2, 0) is 6.42 Å². The fraction of sp³-hybridized carbons (Fsp3) is 0.263. The molecule has 0 aliphatic rings. The van der Waals surface area contributed by atoms with Crippen LogP contribution in [0.2, 0.25) is 0 Å². The number of nitrogens with zero attached hydrogens (tertiary/aromatic N) is 1. The predicted octanol–water partition coefficient (Wildman–Crippen LogP) is 4.21. The first-order valence-electron chi connectivity index (χ1n) is 7.49. The van der Waals surface area contributed by atoms with Crippen LogP contribution in [-0.4, -0.2) is 29.6 Å². The van der Waals surface area contributed by atoms with E-state index >= 15 is 0 Å². The second kappa shape index (κ2) is 8.89. The van der Waals surface area contributed by atoms with Crippen molar-refractivity contribution < 1.29 is 5.11 Å². The second-order valence-corrected chi connectivity index (χ2v) is 6.27. The smallest absolute Gasteiger partial charge is 0.0917 e. The molecule has 0 fully saturated rings. The number of halogens is 1. The van der Waals surface area contributed by atoms with Gasteiger partial charge in [-0.05, 0) is 29.7 Å². The monoisotopic (exact) mass is 359 g/mol. The number of aliphatic hydroxyl groups is 1. The Morgan fingerprint density at radius 2 is 1.77 bits per heavy atom. The molecule has 2 aromatic carbocycles. The van der Waals surface area contributed by atoms with Gasteiger partial charge in [0.05, 0.1) is 6.10 Å². The minimum Gasteiger partial charge on any atom is -0.387 e. The van der Waals surface area contributed by atoms with Crippen molar-refractivity contribution in [3.05, 3.63) is 82.9 Å². The number of hydrogen-bond acceptors (Lipinski definition) is 2. The van der Waals surface area contributed by atoms with Gasteiger partial charge in [-0.25, -0.2) is 0 Å². The Balaban J connectivity index is 1.92. The number of benzene rings is 2. The molecule has 2 rings (SSSR count). The highest BCUT2D eigenvalue weighted by molar-refractivity contribution is 9.10. The molecule has 1 N–H and O–H groups in total. The first-order chi connectivity index (χ1) is 10.7. The quantitative estimate of drug-likeness (QED) is 0.713. The van der Waals surface area contributed by atoms with Crippen molar-refractivity contribution in [2.45, 2.75) is 12.5 Å². The van der Waals surface area contributed by atoms with E-state index in [1.807, 2.05) is 36.4 Å². The summed E-state index contributed by atoms with van der Waals surface area (Å²) >= 11 is 3.42. The normalized spacial score (nSPS) is 12.3. The summed E-state index contributed by atoms with van der Waals surface area (Å²) < 4.78 is 1.02. The molecule has 1 unspecified atom stereocenters. The lowest BCUT2D eigenvalue weighted by atomic mass is 10.1. The molecule has 22 heavy (non-hydrogen) atoms. The number of rotatable bonds is 8. The van der Waals surface area contributed by atoms with Gasteiger partial charge in [0.15, 0.2) is 0 Å². The van der Waals surface area contributed by atoms with Gasteiger partial charge in [-0.3, -0.25) is 4.90 Å². The van der Waals surface area contributed by atoms with Crippen LogP contribution in [0.1, 0.15) is 17.2 Å². The lowest BCUT2D eigenvalue weighted by Gasteiger charge is -2.24. The molecule has 0 heterocycles. The molecule has 3 heteroatoms. The maximum Gasteiger partial charge on any atom is 0.0917 e. The van der Waals surface area contributed by atoms with Crippen LogP contribution in [0, 0.1) is 0 Å². The van der Waals surface area contributed by atoms with E-state index in [0.29, 0.717) is 6.54 Å². The summed E-state index contributed by atoms with van der Waals surface area (Å²) in [4.78, 5) is 2.23. The standard InChI is InChI=1S/C19H22BrNO/c1-2-13-21(14-12-16-6-4-3-5-7-16)15-19(22)17-8-10-18(20)11-9-17/h2-11,19,22H,1,12-15H2. The third-order valence-electron chi connectivity index (χ3n) is 3.63. The summed E-state index contributed by atoms with van der Waals surface area (Å²) in [7, 11) is 0. The van der Waals surface area contributed by atoms with Gasteiger partial charge in [0.2, 0.25) is 0 Å². The van der Waals surface area contributed by atoms with E-state index in [1.165, 1.54) is 5.56 Å². The molecule has 0 saturated carbocycles. The zero-order valence-corrected chi connectivity index (χ0v) is 14.2. The zero-order chi connectivity index (χ0) is 15.8. The Labute approximate surface area is 141 Å². The van der Waals surface area contributed by atoms with Crippen LogP contribution in [0.5, 0.6) is 0 Å². The Kier molecular flexibility index (Phi) is 6.84. The molecule has 1 atom stereocenters. The van der Waals surface area contributed by atoms with Crippen molar-refractivity contribution >= 4 is 15.9 Å². The van der Waals surface area contributed by atoms with Crippen molar-refractivity contribution in [2.75, 3.05) is 19.6 Å². The van der Waals surface area contributed by atoms with E-state index in [1.54, 1.807) is 0 Å². The lowest BCUT2D eigenvalue weighted by Crippen LogP contribution is -2.31. The van der Waals surface area contributed by atoms with Crippen molar-refractivity contribution in [3.8, 4) is 0 Å². The first-order valence-corrected chi connectivity index (χ1v) is 8.29. The van der Waals surface area contributed by atoms with Gasteiger partial charge in [-0.2, -0.15) is 0 Å². The first kappa shape index (κ1) is 16.9. The highest BCUT2D eigenvalue weighted by Gasteiger charge is 2.12. The number of aliphatic hydroxyl groups excluding tert-OH is 1. The minimum absolute atomic E-state index is 0.483. The second-order valence-electron chi connectivity index (χ2n) is 5.35. The zero-order valence-electron chi connectivity index (χ0n) is 12.7. The van der Waals surface area contributed by atoms with Crippen LogP contribution in [0.4, 0.5) is 0 Å². The Hall–Kier alpha value is -1.42. The van der Waals surface area contributed by atoms with E-state index in [2.05, 4.69) is 51.7 Å². The Bertz CT molecular complexity index is 568. The van der Waals surface area contributed by atoms with Gasteiger partial charge in [0.1, 0.15) is 0 Å². The van der Waals surface area contributed by atoms with Crippen LogP contribution >= 0.6 is 15.9 Å². The predicted molar refractivity (Wildman–Crippen MR) is 95.9 cm³/mol. The third kappa shape index (κ3) is 5.41. The molecule has 2 nitrogen and oxygen atoms in total. The molecule has 0 aliphatic carbocycles. The largest absolute Gasteiger partial charge is 0.387 e. The van der Waals surface area contributed by atoms with E-state index in [-0.39, 0.29) is 0 Å². The van der Waals surface area contributed by atoms with Gasteiger partial charge < -0.3 is 5.11 Å². The van der Waals surface area contributed by atoms with Gasteiger partial charge in [0, 0.05) is 24.1 Å². The molecule has 0 radical (unpaired) electrons. The van der Waals surface area contributed by atoms with Gasteiger partial charge in [-0.1, -0.05) is 64.5 Å². The van der Waals surface area contributed by atoms with Gasteiger partial charge >= 0.3 is 0 Å². The fourth-order valence-corrected chi connectivity index (χ4v) is 2.67. The SMILES string of the molecule is C=CCN(CCc1ccccc1)CC(O)c1ccc(Br)cc1. The molecule has 116 valence electrons. The fourth-order valence-electron chi connectivity index (χ4n) is 2.41. The van der Waals surface area contributed by atoms with E-state index in [0.717, 1.165) is 29.5 Å². The van der Waals surface area contributed by atoms with Crippen LogP contribution in [0.25, 0.3) is 0 Å². The lowest BCUT2D eigenvalue weighted by molar-refractivity contribution is 0.120. The van der Waals surface area contributed by atoms with Crippen LogP contribution in [0.15, 0.2) is 71.7 Å². The summed E-state index contributed by atoms with van der Waals surface area (Å²) in [6.45, 7) is 6.11. The molecule has 0 bridgehead atoms. The summed E-state index contributed by atoms with van der Waals surface area (Å²) in [6, 6.07) is 18.3. The Morgan fingerprint density at radius 3 is 2.41 bits per heavy atom. The molecule has 0 spiro atoms. The van der Waals surface area contributed by atoms with Crippen molar-refractivity contribution in [2.24, 2.45) is 0 Å². The van der Waals surface area contributed by atoms with Crippen molar-refractivity contribution in [1.82, 2.24) is 4.90 Å².